The Morgan fingerprint density at radius 3 is 2.81 bits per heavy atom. The largest absolute Gasteiger partial charge is 0.361 e. The van der Waals surface area contributed by atoms with Crippen LogP contribution in [0.4, 0.5) is 0 Å². The fourth-order valence-corrected chi connectivity index (χ4v) is 1.96. The van der Waals surface area contributed by atoms with Gasteiger partial charge >= 0.3 is 17.1 Å². The lowest BCUT2D eigenvalue weighted by Gasteiger charge is -2.15. The van der Waals surface area contributed by atoms with E-state index in [4.69, 9.17) is 14.3 Å². The van der Waals surface area contributed by atoms with Crippen molar-refractivity contribution in [3.05, 3.63) is 47.0 Å². The van der Waals surface area contributed by atoms with Crippen molar-refractivity contribution >= 4 is 23.1 Å². The second-order valence-corrected chi connectivity index (χ2v) is 3.81. The maximum atomic E-state index is 10.7. The number of hydrogen-bond acceptors (Lipinski definition) is 2. The molecule has 0 saturated heterocycles. The molecular formula is C10H8N2O3S. The molecule has 1 aliphatic rings. The Bertz CT molecular complexity index is 521. The molecule has 0 aliphatic heterocycles. The van der Waals surface area contributed by atoms with E-state index in [2.05, 4.69) is 4.79 Å². The Kier molecular flexibility index (Phi) is 3.07. The monoisotopic (exact) mass is 236 g/mol. The first-order chi connectivity index (χ1) is 7.72. The summed E-state index contributed by atoms with van der Waals surface area (Å²) in [6, 6.07) is 7.22. The summed E-state index contributed by atoms with van der Waals surface area (Å²) >= 11 is -2.42. The molecule has 2 atom stereocenters. The zero-order chi connectivity index (χ0) is 11.5. The highest BCUT2D eigenvalue weighted by Gasteiger charge is 2.31. The van der Waals surface area contributed by atoms with Crippen molar-refractivity contribution in [3.8, 4) is 0 Å². The average Bonchev–Trinajstić information content (AvgIpc) is 2.29. The third-order valence-electron chi connectivity index (χ3n) is 2.27. The van der Waals surface area contributed by atoms with Crippen molar-refractivity contribution in [1.29, 1.82) is 0 Å². The van der Waals surface area contributed by atoms with Crippen LogP contribution in [0.5, 0.6) is 0 Å². The third kappa shape index (κ3) is 2.00. The SMILES string of the molecule is [N-]=[N+]=C1C=Cc2ccccc2C1OS(=O)O. The van der Waals surface area contributed by atoms with Crippen molar-refractivity contribution in [2.24, 2.45) is 0 Å². The molecule has 6 heteroatoms. The van der Waals surface area contributed by atoms with E-state index in [9.17, 15) is 4.21 Å². The van der Waals surface area contributed by atoms with Crippen molar-refractivity contribution in [2.45, 2.75) is 6.10 Å². The van der Waals surface area contributed by atoms with Crippen LogP contribution in [0.2, 0.25) is 0 Å². The van der Waals surface area contributed by atoms with Crippen LogP contribution >= 0.6 is 0 Å². The topological polar surface area (TPSA) is 82.9 Å². The number of fused-ring (bicyclic) bond motifs is 1. The van der Waals surface area contributed by atoms with E-state index in [0.717, 1.165) is 5.56 Å². The standard InChI is InChI=1S/C10H8N2O3S/c11-12-9-6-5-7-3-1-2-4-8(7)10(9)15-16(13)14/h1-6,10H,(H,13,14). The molecule has 0 saturated carbocycles. The van der Waals surface area contributed by atoms with Gasteiger partial charge in [0.15, 0.2) is 0 Å². The molecule has 0 amide bonds. The first kappa shape index (κ1) is 10.9. The summed E-state index contributed by atoms with van der Waals surface area (Å²) in [6.07, 6.45) is 2.47. The molecule has 1 aromatic rings. The number of benzene rings is 1. The fourth-order valence-electron chi connectivity index (χ4n) is 1.59. The fraction of sp³-hybridized carbons (Fsp3) is 0.100. The van der Waals surface area contributed by atoms with Crippen LogP contribution < -0.4 is 0 Å². The van der Waals surface area contributed by atoms with Gasteiger partial charge in [-0.3, -0.25) is 4.55 Å². The summed E-state index contributed by atoms with van der Waals surface area (Å²) in [4.78, 5) is 3.04. The van der Waals surface area contributed by atoms with Gasteiger partial charge in [-0.05, 0) is 11.6 Å². The predicted molar refractivity (Wildman–Crippen MR) is 58.7 cm³/mol. The second kappa shape index (κ2) is 4.51. The molecule has 2 unspecified atom stereocenters. The molecule has 0 fully saturated rings. The third-order valence-corrected chi connectivity index (χ3v) is 2.63. The van der Waals surface area contributed by atoms with E-state index in [1.54, 1.807) is 24.3 Å². The molecule has 0 radical (unpaired) electrons. The Balaban J connectivity index is 2.50. The Labute approximate surface area is 94.5 Å². The highest BCUT2D eigenvalue weighted by atomic mass is 32.2. The van der Waals surface area contributed by atoms with Crippen LogP contribution in [-0.4, -0.2) is 19.3 Å². The first-order valence-electron chi connectivity index (χ1n) is 4.49. The quantitative estimate of drug-likeness (QED) is 0.480. The van der Waals surface area contributed by atoms with Gasteiger partial charge in [0.2, 0.25) is 6.10 Å². The number of hydrogen-bond donors (Lipinski definition) is 1. The summed E-state index contributed by atoms with van der Waals surface area (Å²) in [5, 5.41) is 0. The Morgan fingerprint density at radius 1 is 1.38 bits per heavy atom. The lowest BCUT2D eigenvalue weighted by molar-refractivity contribution is -0.0164. The number of rotatable bonds is 2. The average molecular weight is 236 g/mol. The maximum Gasteiger partial charge on any atom is 0.326 e. The molecule has 0 heterocycles. The number of nitrogens with zero attached hydrogens (tertiary/aromatic N) is 2. The predicted octanol–water partition coefficient (Wildman–Crippen LogP) is 1.58. The summed E-state index contributed by atoms with van der Waals surface area (Å²) in [5.41, 5.74) is 10.5. The van der Waals surface area contributed by atoms with E-state index in [1.165, 1.54) is 0 Å². The van der Waals surface area contributed by atoms with Gasteiger partial charge in [0.1, 0.15) is 0 Å². The van der Waals surface area contributed by atoms with Gasteiger partial charge in [-0.2, -0.15) is 9.00 Å². The lowest BCUT2D eigenvalue weighted by atomic mass is 9.94. The minimum absolute atomic E-state index is 0.195. The van der Waals surface area contributed by atoms with Crippen molar-refractivity contribution in [2.75, 3.05) is 0 Å². The lowest BCUT2D eigenvalue weighted by Crippen LogP contribution is -2.19. The van der Waals surface area contributed by atoms with Gasteiger partial charge in [-0.15, -0.1) is 0 Å². The van der Waals surface area contributed by atoms with E-state index in [0.29, 0.717) is 5.56 Å². The van der Waals surface area contributed by atoms with E-state index >= 15 is 0 Å². The van der Waals surface area contributed by atoms with Crippen LogP contribution in [0.1, 0.15) is 17.2 Å². The summed E-state index contributed by atoms with van der Waals surface area (Å²) in [6.45, 7) is 0. The van der Waals surface area contributed by atoms with Gasteiger partial charge in [0.25, 0.3) is 0 Å². The maximum absolute atomic E-state index is 10.7. The molecule has 0 aromatic heterocycles. The molecular weight excluding hydrogens is 228 g/mol. The van der Waals surface area contributed by atoms with Crippen LogP contribution in [-0.2, 0) is 15.5 Å². The molecule has 5 nitrogen and oxygen atoms in total. The van der Waals surface area contributed by atoms with Gasteiger partial charge < -0.3 is 5.53 Å². The van der Waals surface area contributed by atoms with Gasteiger partial charge in [-0.25, -0.2) is 4.18 Å². The van der Waals surface area contributed by atoms with Crippen LogP contribution in [0.15, 0.2) is 30.3 Å². The molecule has 1 aliphatic carbocycles. The highest BCUT2D eigenvalue weighted by Crippen LogP contribution is 2.28. The van der Waals surface area contributed by atoms with E-state index in [-0.39, 0.29) is 5.71 Å². The first-order valence-corrected chi connectivity index (χ1v) is 5.52. The second-order valence-electron chi connectivity index (χ2n) is 3.18. The normalized spacial score (nSPS) is 20.1. The summed E-state index contributed by atoms with van der Waals surface area (Å²) in [5.74, 6) is 0. The highest BCUT2D eigenvalue weighted by molar-refractivity contribution is 7.74. The zero-order valence-corrected chi connectivity index (χ0v) is 8.92. The van der Waals surface area contributed by atoms with Crippen LogP contribution in [0.3, 0.4) is 0 Å². The van der Waals surface area contributed by atoms with E-state index < -0.39 is 17.5 Å². The van der Waals surface area contributed by atoms with Gasteiger partial charge in [0, 0.05) is 11.6 Å². The molecule has 82 valence electrons. The van der Waals surface area contributed by atoms with Gasteiger partial charge in [0.05, 0.1) is 0 Å². The molecule has 1 aromatic carbocycles. The van der Waals surface area contributed by atoms with E-state index in [1.807, 2.05) is 12.1 Å². The minimum atomic E-state index is -2.42. The molecule has 0 bridgehead atoms. The van der Waals surface area contributed by atoms with Crippen molar-refractivity contribution < 1.29 is 17.7 Å². The Hall–Kier alpha value is -1.59. The van der Waals surface area contributed by atoms with Crippen LogP contribution in [0.25, 0.3) is 11.6 Å². The molecule has 1 N–H and O–H groups in total. The summed E-state index contributed by atoms with van der Waals surface area (Å²) < 4.78 is 24.2. The molecule has 2 rings (SSSR count). The molecule has 0 spiro atoms. The summed E-state index contributed by atoms with van der Waals surface area (Å²) in [7, 11) is 0. The minimum Gasteiger partial charge on any atom is -0.361 e. The van der Waals surface area contributed by atoms with Crippen LogP contribution in [0, 0.1) is 0 Å². The van der Waals surface area contributed by atoms with Crippen molar-refractivity contribution in [1.82, 2.24) is 0 Å². The Morgan fingerprint density at radius 2 is 2.12 bits per heavy atom. The van der Waals surface area contributed by atoms with Crippen molar-refractivity contribution in [3.63, 3.8) is 0 Å². The zero-order valence-electron chi connectivity index (χ0n) is 8.11. The smallest absolute Gasteiger partial charge is 0.326 e. The van der Waals surface area contributed by atoms with Gasteiger partial charge in [-0.1, -0.05) is 24.3 Å². The molecule has 16 heavy (non-hydrogen) atoms.